The Morgan fingerprint density at radius 3 is 2.27 bits per heavy atom. The SMILES string of the molecule is CCCCCCCN(C(=O)C(CCSC)NC(=O)OC(C)(C)C)C(C(=O)Nc1ccc2ccccc2c1)c1ccc(C)c(C)c1. The smallest absolute Gasteiger partial charge is 0.408 e. The van der Waals surface area contributed by atoms with Crippen molar-refractivity contribution < 1.29 is 19.1 Å². The molecule has 0 saturated carbocycles. The molecular weight excluding hydrogens is 582 g/mol. The summed E-state index contributed by atoms with van der Waals surface area (Å²) in [5, 5.41) is 8.05. The van der Waals surface area contributed by atoms with Crippen LogP contribution in [0.1, 0.15) is 89.0 Å². The van der Waals surface area contributed by atoms with Gasteiger partial charge in [0.15, 0.2) is 0 Å². The highest BCUT2D eigenvalue weighted by Crippen LogP contribution is 2.28. The number of unbranched alkanes of at least 4 members (excludes halogenated alkanes) is 4. The first-order valence-corrected chi connectivity index (χ1v) is 17.5. The molecule has 0 bridgehead atoms. The van der Waals surface area contributed by atoms with Crippen LogP contribution in [-0.4, -0.2) is 53.0 Å². The fraction of sp³-hybridized carbons (Fsp3) is 0.486. The molecule has 0 aliphatic carbocycles. The van der Waals surface area contributed by atoms with Crippen LogP contribution in [0.4, 0.5) is 10.5 Å². The number of nitrogens with one attached hydrogen (secondary N) is 2. The van der Waals surface area contributed by atoms with E-state index in [1.54, 1.807) is 37.4 Å². The van der Waals surface area contributed by atoms with E-state index in [1.807, 2.05) is 80.8 Å². The van der Waals surface area contributed by atoms with Crippen molar-refractivity contribution in [2.75, 3.05) is 23.9 Å². The van der Waals surface area contributed by atoms with Crippen molar-refractivity contribution in [1.82, 2.24) is 10.2 Å². The number of amides is 3. The van der Waals surface area contributed by atoms with E-state index in [2.05, 4.69) is 17.6 Å². The lowest BCUT2D eigenvalue weighted by Gasteiger charge is -2.35. The summed E-state index contributed by atoms with van der Waals surface area (Å²) in [6.45, 7) is 12.0. The molecule has 7 nitrogen and oxygen atoms in total. The van der Waals surface area contributed by atoms with E-state index >= 15 is 0 Å². The molecule has 0 saturated heterocycles. The van der Waals surface area contributed by atoms with E-state index < -0.39 is 23.8 Å². The van der Waals surface area contributed by atoms with Gasteiger partial charge in [-0.3, -0.25) is 9.59 Å². The van der Waals surface area contributed by atoms with Crippen LogP contribution in [0, 0.1) is 13.8 Å². The minimum absolute atomic E-state index is 0.290. The van der Waals surface area contributed by atoms with Gasteiger partial charge in [0.1, 0.15) is 17.7 Å². The van der Waals surface area contributed by atoms with Gasteiger partial charge in [-0.2, -0.15) is 11.8 Å². The maximum absolute atomic E-state index is 14.5. The van der Waals surface area contributed by atoms with Gasteiger partial charge >= 0.3 is 6.09 Å². The van der Waals surface area contributed by atoms with Crippen LogP contribution in [0.15, 0.2) is 60.7 Å². The number of anilines is 1. The van der Waals surface area contributed by atoms with E-state index in [1.165, 1.54) is 0 Å². The van der Waals surface area contributed by atoms with Crippen molar-refractivity contribution in [2.45, 2.75) is 97.8 Å². The number of rotatable bonds is 15. The van der Waals surface area contributed by atoms with Crippen LogP contribution >= 0.6 is 11.8 Å². The Labute approximate surface area is 273 Å². The monoisotopic (exact) mass is 633 g/mol. The zero-order valence-corrected chi connectivity index (χ0v) is 28.9. The summed E-state index contributed by atoms with van der Waals surface area (Å²) in [6.07, 6.45) is 6.71. The molecule has 2 atom stereocenters. The molecule has 244 valence electrons. The topological polar surface area (TPSA) is 87.7 Å². The van der Waals surface area contributed by atoms with Gasteiger partial charge in [-0.1, -0.05) is 81.1 Å². The summed E-state index contributed by atoms with van der Waals surface area (Å²) in [7, 11) is 0. The third kappa shape index (κ3) is 11.1. The molecule has 0 spiro atoms. The van der Waals surface area contributed by atoms with E-state index in [4.69, 9.17) is 4.74 Å². The van der Waals surface area contributed by atoms with Crippen LogP contribution in [-0.2, 0) is 14.3 Å². The van der Waals surface area contributed by atoms with E-state index in [0.29, 0.717) is 24.4 Å². The number of hydrogen-bond acceptors (Lipinski definition) is 5. The maximum Gasteiger partial charge on any atom is 0.408 e. The molecule has 3 aromatic carbocycles. The average molecular weight is 634 g/mol. The predicted octanol–water partition coefficient (Wildman–Crippen LogP) is 8.58. The molecule has 0 radical (unpaired) electrons. The lowest BCUT2D eigenvalue weighted by molar-refractivity contribution is -0.141. The number of nitrogens with zero attached hydrogens (tertiary/aromatic N) is 1. The Kier molecular flexibility index (Phi) is 13.8. The van der Waals surface area contributed by atoms with Gasteiger partial charge in [0.2, 0.25) is 5.91 Å². The second-order valence-electron chi connectivity index (χ2n) is 12.7. The quantitative estimate of drug-likeness (QED) is 0.164. The zero-order chi connectivity index (χ0) is 33.0. The molecule has 0 aliphatic heterocycles. The molecular formula is C37H51N3O4S. The van der Waals surface area contributed by atoms with Gasteiger partial charge < -0.3 is 20.3 Å². The van der Waals surface area contributed by atoms with Gasteiger partial charge in [-0.25, -0.2) is 4.79 Å². The van der Waals surface area contributed by atoms with Crippen LogP contribution in [0.3, 0.4) is 0 Å². The lowest BCUT2D eigenvalue weighted by Crippen LogP contribution is -2.52. The van der Waals surface area contributed by atoms with Gasteiger partial charge in [-0.15, -0.1) is 0 Å². The van der Waals surface area contributed by atoms with Crippen molar-refractivity contribution in [3.05, 3.63) is 77.4 Å². The second-order valence-corrected chi connectivity index (χ2v) is 13.7. The number of hydrogen-bond donors (Lipinski definition) is 2. The van der Waals surface area contributed by atoms with Gasteiger partial charge in [-0.05, 0) is 99.1 Å². The standard InChI is InChI=1S/C37H51N3O4S/c1-8-9-10-11-14-22-40(35(42)32(21-23-45-7)39-36(43)44-37(4,5)6)33(30-18-17-26(2)27(3)24-30)34(41)38-31-20-19-28-15-12-13-16-29(28)25-31/h12-13,15-20,24-25,32-33H,8-11,14,21-23H2,1-7H3,(H,38,41)(H,39,43). The van der Waals surface area contributed by atoms with Crippen LogP contribution in [0.5, 0.6) is 0 Å². The highest BCUT2D eigenvalue weighted by Gasteiger charge is 2.36. The first kappa shape index (κ1) is 36.0. The third-order valence-corrected chi connectivity index (χ3v) is 8.45. The maximum atomic E-state index is 14.5. The van der Waals surface area contributed by atoms with E-state index in [0.717, 1.165) is 59.6 Å². The van der Waals surface area contributed by atoms with Gasteiger partial charge in [0.25, 0.3) is 5.91 Å². The Bertz CT molecular complexity index is 1430. The molecule has 0 fully saturated rings. The zero-order valence-electron chi connectivity index (χ0n) is 28.1. The van der Waals surface area contributed by atoms with E-state index in [-0.39, 0.29) is 11.8 Å². The fourth-order valence-corrected chi connectivity index (χ4v) is 5.75. The molecule has 2 N–H and O–H groups in total. The van der Waals surface area contributed by atoms with Crippen molar-refractivity contribution in [1.29, 1.82) is 0 Å². The first-order valence-electron chi connectivity index (χ1n) is 16.1. The Morgan fingerprint density at radius 1 is 0.889 bits per heavy atom. The van der Waals surface area contributed by atoms with Gasteiger partial charge in [0, 0.05) is 12.2 Å². The molecule has 3 aromatic rings. The first-order chi connectivity index (χ1) is 21.4. The number of aryl methyl sites for hydroxylation is 2. The average Bonchev–Trinajstić information content (AvgIpc) is 2.98. The summed E-state index contributed by atoms with van der Waals surface area (Å²) in [5.41, 5.74) is 2.83. The predicted molar refractivity (Wildman–Crippen MR) is 188 cm³/mol. The number of fused-ring (bicyclic) bond motifs is 1. The molecule has 8 heteroatoms. The highest BCUT2D eigenvalue weighted by atomic mass is 32.2. The van der Waals surface area contributed by atoms with Crippen molar-refractivity contribution in [2.24, 2.45) is 0 Å². The second kappa shape index (κ2) is 17.2. The minimum Gasteiger partial charge on any atom is -0.444 e. The van der Waals surface area contributed by atoms with Crippen LogP contribution in [0.2, 0.25) is 0 Å². The fourth-order valence-electron chi connectivity index (χ4n) is 5.28. The number of carbonyl (C=O) groups excluding carboxylic acids is 3. The normalized spacial score (nSPS) is 12.8. The number of benzene rings is 3. The summed E-state index contributed by atoms with van der Waals surface area (Å²) in [4.78, 5) is 43.5. The molecule has 2 unspecified atom stereocenters. The Balaban J connectivity index is 2.04. The Morgan fingerprint density at radius 2 is 1.60 bits per heavy atom. The largest absolute Gasteiger partial charge is 0.444 e. The number of alkyl carbamates (subject to hydrolysis) is 1. The highest BCUT2D eigenvalue weighted by molar-refractivity contribution is 7.98. The number of thioether (sulfide) groups is 1. The Hall–Kier alpha value is -3.52. The minimum atomic E-state index is -0.897. The van der Waals surface area contributed by atoms with Gasteiger partial charge in [0.05, 0.1) is 0 Å². The number of ether oxygens (including phenoxy) is 1. The molecule has 3 amide bonds. The van der Waals surface area contributed by atoms with Crippen LogP contribution in [0.25, 0.3) is 10.8 Å². The lowest BCUT2D eigenvalue weighted by atomic mass is 9.97. The molecule has 0 aromatic heterocycles. The summed E-state index contributed by atoms with van der Waals surface area (Å²) in [5.74, 6) is 0.0762. The molecule has 0 heterocycles. The van der Waals surface area contributed by atoms with Crippen molar-refractivity contribution >= 4 is 46.1 Å². The molecule has 3 rings (SSSR count). The molecule has 45 heavy (non-hydrogen) atoms. The number of carbonyl (C=O) groups is 3. The van der Waals surface area contributed by atoms with Crippen LogP contribution < -0.4 is 10.6 Å². The van der Waals surface area contributed by atoms with E-state index in [9.17, 15) is 14.4 Å². The summed E-state index contributed by atoms with van der Waals surface area (Å²) < 4.78 is 5.53. The third-order valence-electron chi connectivity index (χ3n) is 7.81. The summed E-state index contributed by atoms with van der Waals surface area (Å²) >= 11 is 1.60. The van der Waals surface area contributed by atoms with Crippen molar-refractivity contribution in [3.63, 3.8) is 0 Å². The molecule has 0 aliphatic rings. The summed E-state index contributed by atoms with van der Waals surface area (Å²) in [6, 6.07) is 18.0. The van der Waals surface area contributed by atoms with Crippen molar-refractivity contribution in [3.8, 4) is 0 Å².